The number of amides is 1. The number of imidazole rings is 1. The molecule has 0 spiro atoms. The molecule has 1 aliphatic heterocycles. The maximum absolute atomic E-state index is 12.4. The van der Waals surface area contributed by atoms with Gasteiger partial charge in [0.05, 0.1) is 12.6 Å². The summed E-state index contributed by atoms with van der Waals surface area (Å²) in [6.07, 6.45) is 9.93. The van der Waals surface area contributed by atoms with Crippen LogP contribution in [-0.4, -0.2) is 27.5 Å². The molecule has 0 bridgehead atoms. The third kappa shape index (κ3) is 3.51. The maximum atomic E-state index is 12.4. The lowest BCUT2D eigenvalue weighted by Gasteiger charge is -2.24. The molecule has 3 unspecified atom stereocenters. The molecule has 2 heterocycles. The molecule has 1 aromatic rings. The van der Waals surface area contributed by atoms with Gasteiger partial charge in [-0.15, -0.1) is 0 Å². The van der Waals surface area contributed by atoms with Crippen LogP contribution in [0.4, 0.5) is 0 Å². The Labute approximate surface area is 132 Å². The highest BCUT2D eigenvalue weighted by atomic mass is 16.2. The second-order valence-corrected chi connectivity index (χ2v) is 7.21. The van der Waals surface area contributed by atoms with Crippen LogP contribution in [0, 0.1) is 11.8 Å². The van der Waals surface area contributed by atoms with Crippen LogP contribution < -0.4 is 10.6 Å². The molecule has 2 fully saturated rings. The molecule has 1 aromatic heterocycles. The van der Waals surface area contributed by atoms with Crippen LogP contribution in [0.1, 0.15) is 51.8 Å². The molecule has 5 nitrogen and oxygen atoms in total. The predicted octanol–water partition coefficient (Wildman–Crippen LogP) is 2.08. The monoisotopic (exact) mass is 304 g/mol. The van der Waals surface area contributed by atoms with Crippen LogP contribution in [-0.2, 0) is 17.9 Å². The first-order valence-electron chi connectivity index (χ1n) is 8.67. The molecule has 0 aromatic carbocycles. The molecule has 3 rings (SSSR count). The number of nitrogens with zero attached hydrogens (tertiary/aromatic N) is 2. The van der Waals surface area contributed by atoms with Gasteiger partial charge in [-0.05, 0) is 31.1 Å². The summed E-state index contributed by atoms with van der Waals surface area (Å²) < 4.78 is 2.13. The topological polar surface area (TPSA) is 59.0 Å². The van der Waals surface area contributed by atoms with Crippen molar-refractivity contribution >= 4 is 5.91 Å². The minimum atomic E-state index is -0.0124. The van der Waals surface area contributed by atoms with E-state index in [-0.39, 0.29) is 11.9 Å². The summed E-state index contributed by atoms with van der Waals surface area (Å²) in [4.78, 5) is 16.8. The van der Waals surface area contributed by atoms with E-state index in [1.165, 1.54) is 25.7 Å². The van der Waals surface area contributed by atoms with E-state index in [1.807, 2.05) is 12.4 Å². The molecule has 1 amide bonds. The Morgan fingerprint density at radius 3 is 3.05 bits per heavy atom. The Balaban J connectivity index is 1.51. The summed E-state index contributed by atoms with van der Waals surface area (Å²) in [5.74, 6) is 2.35. The third-order valence-electron chi connectivity index (χ3n) is 4.96. The lowest BCUT2D eigenvalue weighted by molar-refractivity contribution is -0.123. The normalized spacial score (nSPS) is 27.9. The molecule has 1 aliphatic carbocycles. The van der Waals surface area contributed by atoms with Gasteiger partial charge < -0.3 is 15.2 Å². The van der Waals surface area contributed by atoms with Crippen molar-refractivity contribution in [3.63, 3.8) is 0 Å². The van der Waals surface area contributed by atoms with E-state index in [0.29, 0.717) is 24.4 Å². The number of aromatic nitrogens is 2. The van der Waals surface area contributed by atoms with Crippen LogP contribution in [0.3, 0.4) is 0 Å². The molecule has 1 saturated carbocycles. The van der Waals surface area contributed by atoms with E-state index < -0.39 is 0 Å². The second kappa shape index (κ2) is 6.82. The minimum absolute atomic E-state index is 0.0124. The maximum Gasteiger partial charge on any atom is 0.237 e. The van der Waals surface area contributed by atoms with Crippen molar-refractivity contribution in [2.75, 3.05) is 0 Å². The van der Waals surface area contributed by atoms with E-state index in [9.17, 15) is 4.79 Å². The van der Waals surface area contributed by atoms with Gasteiger partial charge in [0.2, 0.25) is 5.91 Å². The first-order chi connectivity index (χ1) is 10.6. The van der Waals surface area contributed by atoms with Crippen molar-refractivity contribution < 1.29 is 4.79 Å². The fourth-order valence-electron chi connectivity index (χ4n) is 3.88. The highest BCUT2D eigenvalue weighted by Gasteiger charge is 2.38. The fraction of sp³-hybridized carbons (Fsp3) is 0.765. The van der Waals surface area contributed by atoms with Crippen LogP contribution in [0.25, 0.3) is 0 Å². The fourth-order valence-corrected chi connectivity index (χ4v) is 3.88. The van der Waals surface area contributed by atoms with Gasteiger partial charge in [-0.3, -0.25) is 4.79 Å². The van der Waals surface area contributed by atoms with Gasteiger partial charge in [0.25, 0.3) is 0 Å². The Bertz CT molecular complexity index is 497. The second-order valence-electron chi connectivity index (χ2n) is 7.21. The number of hydrogen-bond acceptors (Lipinski definition) is 3. The summed E-state index contributed by atoms with van der Waals surface area (Å²) >= 11 is 0. The summed E-state index contributed by atoms with van der Waals surface area (Å²) in [6, 6.07) is 0.550. The van der Waals surface area contributed by atoms with Crippen LogP contribution >= 0.6 is 0 Å². The molecule has 1 saturated heterocycles. The first kappa shape index (κ1) is 15.5. The molecule has 5 heteroatoms. The Kier molecular flexibility index (Phi) is 4.81. The van der Waals surface area contributed by atoms with Gasteiger partial charge in [-0.25, -0.2) is 4.98 Å². The lowest BCUT2D eigenvalue weighted by Crippen LogP contribution is -2.43. The smallest absolute Gasteiger partial charge is 0.237 e. The molecular formula is C17H28N4O. The molecule has 22 heavy (non-hydrogen) atoms. The summed E-state index contributed by atoms with van der Waals surface area (Å²) in [7, 11) is 0. The molecule has 0 radical (unpaired) electrons. The third-order valence-corrected chi connectivity index (χ3v) is 4.96. The van der Waals surface area contributed by atoms with Crippen LogP contribution in [0.5, 0.6) is 0 Å². The number of rotatable bonds is 5. The number of fused-ring (bicyclic) bond motifs is 1. The summed E-state index contributed by atoms with van der Waals surface area (Å²) in [6.45, 7) is 5.84. The Morgan fingerprint density at radius 2 is 2.27 bits per heavy atom. The average molecular weight is 304 g/mol. The van der Waals surface area contributed by atoms with E-state index in [2.05, 4.69) is 34.0 Å². The van der Waals surface area contributed by atoms with Gasteiger partial charge in [0, 0.05) is 25.0 Å². The number of carbonyl (C=O) groups excluding carboxylic acids is 1. The van der Waals surface area contributed by atoms with Crippen molar-refractivity contribution in [2.45, 2.75) is 71.1 Å². The molecule has 122 valence electrons. The number of nitrogens with one attached hydrogen (secondary N) is 2. The van der Waals surface area contributed by atoms with Crippen molar-refractivity contribution in [1.82, 2.24) is 20.2 Å². The van der Waals surface area contributed by atoms with Gasteiger partial charge >= 0.3 is 0 Å². The Hall–Kier alpha value is -1.36. The Morgan fingerprint density at radius 1 is 1.45 bits per heavy atom. The highest BCUT2D eigenvalue weighted by molar-refractivity contribution is 5.82. The SMILES string of the molecule is CC(C)Cn1ccnc1CNC(=O)C1CC2CCCCC2N1. The summed E-state index contributed by atoms with van der Waals surface area (Å²) in [5, 5.41) is 6.60. The minimum Gasteiger partial charge on any atom is -0.348 e. The van der Waals surface area contributed by atoms with E-state index in [0.717, 1.165) is 18.8 Å². The molecule has 3 atom stereocenters. The van der Waals surface area contributed by atoms with Gasteiger partial charge in [0.1, 0.15) is 5.82 Å². The van der Waals surface area contributed by atoms with E-state index in [1.54, 1.807) is 0 Å². The lowest BCUT2D eigenvalue weighted by atomic mass is 9.85. The van der Waals surface area contributed by atoms with Gasteiger partial charge in [-0.1, -0.05) is 26.7 Å². The zero-order chi connectivity index (χ0) is 15.5. The van der Waals surface area contributed by atoms with Crippen molar-refractivity contribution in [3.8, 4) is 0 Å². The van der Waals surface area contributed by atoms with E-state index >= 15 is 0 Å². The summed E-state index contributed by atoms with van der Waals surface area (Å²) in [5.41, 5.74) is 0. The largest absolute Gasteiger partial charge is 0.348 e. The standard InChI is InChI=1S/C17H28N4O/c1-12(2)11-21-8-7-18-16(21)10-19-17(22)15-9-13-5-3-4-6-14(13)20-15/h7-8,12-15,20H,3-6,9-11H2,1-2H3,(H,19,22). The van der Waals surface area contributed by atoms with Crippen LogP contribution in [0.15, 0.2) is 12.4 Å². The quantitative estimate of drug-likeness (QED) is 0.875. The first-order valence-corrected chi connectivity index (χ1v) is 8.67. The van der Waals surface area contributed by atoms with Gasteiger partial charge in [0.15, 0.2) is 0 Å². The predicted molar refractivity (Wildman–Crippen MR) is 86.2 cm³/mol. The highest BCUT2D eigenvalue weighted by Crippen LogP contribution is 2.33. The molecular weight excluding hydrogens is 276 g/mol. The number of carbonyl (C=O) groups is 1. The van der Waals surface area contributed by atoms with Crippen molar-refractivity contribution in [3.05, 3.63) is 18.2 Å². The van der Waals surface area contributed by atoms with Gasteiger partial charge in [-0.2, -0.15) is 0 Å². The van der Waals surface area contributed by atoms with Crippen molar-refractivity contribution in [2.24, 2.45) is 11.8 Å². The van der Waals surface area contributed by atoms with Crippen LogP contribution in [0.2, 0.25) is 0 Å². The zero-order valence-corrected chi connectivity index (χ0v) is 13.7. The zero-order valence-electron chi connectivity index (χ0n) is 13.7. The molecule has 2 aliphatic rings. The number of hydrogen-bond donors (Lipinski definition) is 2. The molecule has 2 N–H and O–H groups in total. The van der Waals surface area contributed by atoms with E-state index in [4.69, 9.17) is 0 Å². The van der Waals surface area contributed by atoms with Crippen molar-refractivity contribution in [1.29, 1.82) is 0 Å². The average Bonchev–Trinajstić information content (AvgIpc) is 3.10.